The highest BCUT2D eigenvalue weighted by atomic mass is 16.5. The van der Waals surface area contributed by atoms with Gasteiger partial charge in [-0.1, -0.05) is 13.8 Å². The molecule has 0 amide bonds. The van der Waals surface area contributed by atoms with Crippen LogP contribution in [0.5, 0.6) is 0 Å². The monoisotopic (exact) mass is 282 g/mol. The van der Waals surface area contributed by atoms with Gasteiger partial charge in [0.25, 0.3) is 0 Å². The predicted molar refractivity (Wildman–Crippen MR) is 81.3 cm³/mol. The maximum atomic E-state index is 9.35. The Morgan fingerprint density at radius 3 is 2.50 bits per heavy atom. The zero-order valence-corrected chi connectivity index (χ0v) is 12.9. The second-order valence-electron chi connectivity index (χ2n) is 4.72. The summed E-state index contributed by atoms with van der Waals surface area (Å²) in [5.74, 6) is 2.40. The highest BCUT2D eigenvalue weighted by Crippen LogP contribution is 2.21. The standard InChI is InChI=1S/C14H26N4O2/c1-5-7-15-13-10(3)14(18-12(6-2)17-13)16-11(8-19)9-20-4/h11,19H,5-9H2,1-4H3,(H2,15,16,17,18). The molecular formula is C14H26N4O2. The molecule has 1 aromatic rings. The van der Waals surface area contributed by atoms with Crippen molar-refractivity contribution in [1.82, 2.24) is 9.97 Å². The van der Waals surface area contributed by atoms with E-state index in [1.807, 2.05) is 13.8 Å². The minimum absolute atomic E-state index is 0.00351. The summed E-state index contributed by atoms with van der Waals surface area (Å²) in [6.07, 6.45) is 1.81. The molecule has 1 heterocycles. The van der Waals surface area contributed by atoms with E-state index in [1.54, 1.807) is 7.11 Å². The van der Waals surface area contributed by atoms with Gasteiger partial charge in [-0.25, -0.2) is 9.97 Å². The summed E-state index contributed by atoms with van der Waals surface area (Å²) in [6, 6.07) is -0.169. The second kappa shape index (κ2) is 8.71. The number of methoxy groups -OCH3 is 1. The van der Waals surface area contributed by atoms with Crippen molar-refractivity contribution in [3.05, 3.63) is 11.4 Å². The van der Waals surface area contributed by atoms with Gasteiger partial charge in [-0.3, -0.25) is 0 Å². The van der Waals surface area contributed by atoms with Gasteiger partial charge in [-0.2, -0.15) is 0 Å². The summed E-state index contributed by atoms with van der Waals surface area (Å²) in [4.78, 5) is 9.01. The van der Waals surface area contributed by atoms with Gasteiger partial charge < -0.3 is 20.5 Å². The van der Waals surface area contributed by atoms with E-state index in [1.165, 1.54) is 0 Å². The lowest BCUT2D eigenvalue weighted by atomic mass is 10.2. The molecule has 6 heteroatoms. The van der Waals surface area contributed by atoms with Gasteiger partial charge in [-0.05, 0) is 13.3 Å². The van der Waals surface area contributed by atoms with Crippen LogP contribution in [0.2, 0.25) is 0 Å². The number of aliphatic hydroxyl groups excluding tert-OH is 1. The second-order valence-corrected chi connectivity index (χ2v) is 4.72. The fourth-order valence-corrected chi connectivity index (χ4v) is 1.81. The number of hydrogen-bond donors (Lipinski definition) is 3. The van der Waals surface area contributed by atoms with Gasteiger partial charge in [0.2, 0.25) is 0 Å². The average molecular weight is 282 g/mol. The van der Waals surface area contributed by atoms with Crippen LogP contribution in [-0.4, -0.2) is 48.0 Å². The van der Waals surface area contributed by atoms with Crippen LogP contribution in [0, 0.1) is 6.92 Å². The molecule has 0 spiro atoms. The molecule has 0 aliphatic rings. The maximum Gasteiger partial charge on any atom is 0.135 e. The SMILES string of the molecule is CCCNc1nc(CC)nc(NC(CO)COC)c1C. The van der Waals surface area contributed by atoms with Gasteiger partial charge in [0, 0.05) is 25.6 Å². The summed E-state index contributed by atoms with van der Waals surface area (Å²) in [6.45, 7) is 7.42. The number of nitrogens with one attached hydrogen (secondary N) is 2. The number of hydrogen-bond acceptors (Lipinski definition) is 6. The summed E-state index contributed by atoms with van der Waals surface area (Å²) < 4.78 is 5.08. The maximum absolute atomic E-state index is 9.35. The molecule has 6 nitrogen and oxygen atoms in total. The first-order chi connectivity index (χ1) is 9.65. The number of aryl methyl sites for hydroxylation is 1. The largest absolute Gasteiger partial charge is 0.394 e. The minimum Gasteiger partial charge on any atom is -0.394 e. The summed E-state index contributed by atoms with van der Waals surface area (Å²) in [7, 11) is 1.61. The van der Waals surface area contributed by atoms with E-state index in [9.17, 15) is 5.11 Å². The third-order valence-corrected chi connectivity index (χ3v) is 2.98. The lowest BCUT2D eigenvalue weighted by Gasteiger charge is -2.19. The van der Waals surface area contributed by atoms with Crippen LogP contribution < -0.4 is 10.6 Å². The summed E-state index contributed by atoms with van der Waals surface area (Å²) in [5.41, 5.74) is 0.963. The van der Waals surface area contributed by atoms with E-state index in [0.717, 1.165) is 42.4 Å². The third kappa shape index (κ3) is 4.61. The minimum atomic E-state index is -0.169. The topological polar surface area (TPSA) is 79.3 Å². The molecule has 0 saturated carbocycles. The number of aliphatic hydroxyl groups is 1. The van der Waals surface area contributed by atoms with Crippen LogP contribution >= 0.6 is 0 Å². The molecule has 114 valence electrons. The van der Waals surface area contributed by atoms with Gasteiger partial charge in [0.1, 0.15) is 17.5 Å². The van der Waals surface area contributed by atoms with E-state index >= 15 is 0 Å². The van der Waals surface area contributed by atoms with Crippen molar-refractivity contribution >= 4 is 11.6 Å². The quantitative estimate of drug-likeness (QED) is 0.638. The van der Waals surface area contributed by atoms with E-state index in [4.69, 9.17) is 4.74 Å². The molecule has 0 aliphatic carbocycles. The third-order valence-electron chi connectivity index (χ3n) is 2.98. The van der Waals surface area contributed by atoms with E-state index in [-0.39, 0.29) is 12.6 Å². The smallest absolute Gasteiger partial charge is 0.135 e. The van der Waals surface area contributed by atoms with Crippen LogP contribution in [-0.2, 0) is 11.2 Å². The van der Waals surface area contributed by atoms with Crippen LogP contribution in [0.25, 0.3) is 0 Å². The highest BCUT2D eigenvalue weighted by molar-refractivity contribution is 5.57. The number of aromatic nitrogens is 2. The van der Waals surface area contributed by atoms with Gasteiger partial charge >= 0.3 is 0 Å². The lowest BCUT2D eigenvalue weighted by Crippen LogP contribution is -2.30. The predicted octanol–water partition coefficient (Wildman–Crippen LogP) is 1.59. The fraction of sp³-hybridized carbons (Fsp3) is 0.714. The Morgan fingerprint density at radius 1 is 1.25 bits per heavy atom. The number of ether oxygens (including phenoxy) is 1. The first-order valence-electron chi connectivity index (χ1n) is 7.13. The highest BCUT2D eigenvalue weighted by Gasteiger charge is 2.14. The van der Waals surface area contributed by atoms with Crippen LogP contribution in [0.3, 0.4) is 0 Å². The van der Waals surface area contributed by atoms with E-state index in [2.05, 4.69) is 27.5 Å². The number of nitrogens with zero attached hydrogens (tertiary/aromatic N) is 2. The molecule has 0 radical (unpaired) electrons. The summed E-state index contributed by atoms with van der Waals surface area (Å²) >= 11 is 0. The molecule has 1 unspecified atom stereocenters. The van der Waals surface area contributed by atoms with E-state index in [0.29, 0.717) is 6.61 Å². The zero-order chi connectivity index (χ0) is 15.0. The van der Waals surface area contributed by atoms with Crippen LogP contribution in [0.15, 0.2) is 0 Å². The molecule has 0 aliphatic heterocycles. The van der Waals surface area contributed by atoms with Crippen molar-refractivity contribution in [1.29, 1.82) is 0 Å². The van der Waals surface area contributed by atoms with Crippen LogP contribution in [0.1, 0.15) is 31.7 Å². The Kier molecular flexibility index (Phi) is 7.25. The zero-order valence-electron chi connectivity index (χ0n) is 12.9. The first-order valence-corrected chi connectivity index (χ1v) is 7.13. The molecule has 1 rings (SSSR count). The molecule has 0 saturated heterocycles. The Bertz CT molecular complexity index is 412. The fourth-order valence-electron chi connectivity index (χ4n) is 1.81. The lowest BCUT2D eigenvalue weighted by molar-refractivity contribution is 0.153. The molecular weight excluding hydrogens is 256 g/mol. The van der Waals surface area contributed by atoms with Crippen molar-refractivity contribution < 1.29 is 9.84 Å². The molecule has 3 N–H and O–H groups in total. The van der Waals surface area contributed by atoms with E-state index < -0.39 is 0 Å². The van der Waals surface area contributed by atoms with Crippen molar-refractivity contribution in [2.45, 2.75) is 39.7 Å². The first kappa shape index (κ1) is 16.7. The normalized spacial score (nSPS) is 12.2. The number of anilines is 2. The van der Waals surface area contributed by atoms with Crippen molar-refractivity contribution in [2.75, 3.05) is 37.5 Å². The van der Waals surface area contributed by atoms with Gasteiger partial charge in [0.15, 0.2) is 0 Å². The summed E-state index contributed by atoms with van der Waals surface area (Å²) in [5, 5.41) is 15.9. The Morgan fingerprint density at radius 2 is 1.95 bits per heavy atom. The van der Waals surface area contributed by atoms with Gasteiger partial charge in [-0.15, -0.1) is 0 Å². The molecule has 1 atom stereocenters. The molecule has 0 bridgehead atoms. The average Bonchev–Trinajstić information content (AvgIpc) is 2.47. The molecule has 1 aromatic heterocycles. The molecule has 20 heavy (non-hydrogen) atoms. The Balaban J connectivity index is 2.97. The van der Waals surface area contributed by atoms with Crippen molar-refractivity contribution in [3.63, 3.8) is 0 Å². The Labute approximate surface area is 121 Å². The molecule has 0 fully saturated rings. The van der Waals surface area contributed by atoms with Crippen molar-refractivity contribution in [3.8, 4) is 0 Å². The van der Waals surface area contributed by atoms with Gasteiger partial charge in [0.05, 0.1) is 19.3 Å². The Hall–Kier alpha value is -1.40. The van der Waals surface area contributed by atoms with Crippen molar-refractivity contribution in [2.24, 2.45) is 0 Å². The van der Waals surface area contributed by atoms with Crippen LogP contribution in [0.4, 0.5) is 11.6 Å². The molecule has 0 aromatic carbocycles. The number of rotatable bonds is 9.